The van der Waals surface area contributed by atoms with E-state index in [0.717, 1.165) is 16.6 Å². The van der Waals surface area contributed by atoms with Gasteiger partial charge in [0.25, 0.3) is 0 Å². The molecule has 0 unspecified atom stereocenters. The summed E-state index contributed by atoms with van der Waals surface area (Å²) in [7, 11) is 1.94. The van der Waals surface area contributed by atoms with Gasteiger partial charge in [-0.1, -0.05) is 50.2 Å². The van der Waals surface area contributed by atoms with E-state index in [0.29, 0.717) is 11.7 Å². The number of para-hydroxylation sites is 2. The number of aliphatic hydroxyl groups excluding tert-OH is 1. The average molecular weight is 280 g/mol. The number of hydrogen-bond donors (Lipinski definition) is 1. The molecule has 3 rings (SSSR count). The molecule has 1 aromatic heterocycles. The van der Waals surface area contributed by atoms with Crippen LogP contribution >= 0.6 is 0 Å². The van der Waals surface area contributed by atoms with E-state index in [-0.39, 0.29) is 0 Å². The van der Waals surface area contributed by atoms with Crippen LogP contribution in [0.25, 0.3) is 11.0 Å². The van der Waals surface area contributed by atoms with Gasteiger partial charge in [-0.3, -0.25) is 0 Å². The Hall–Kier alpha value is -2.13. The maximum atomic E-state index is 10.6. The summed E-state index contributed by atoms with van der Waals surface area (Å²) >= 11 is 0. The lowest BCUT2D eigenvalue weighted by atomic mass is 10.00. The van der Waals surface area contributed by atoms with E-state index in [4.69, 9.17) is 0 Å². The largest absolute Gasteiger partial charge is 0.380 e. The second kappa shape index (κ2) is 5.34. The molecule has 3 nitrogen and oxygen atoms in total. The highest BCUT2D eigenvalue weighted by Crippen LogP contribution is 2.26. The average Bonchev–Trinajstić information content (AvgIpc) is 2.84. The van der Waals surface area contributed by atoms with Crippen LogP contribution in [0.1, 0.15) is 42.8 Å². The summed E-state index contributed by atoms with van der Waals surface area (Å²) in [5.41, 5.74) is 4.09. The molecule has 3 heteroatoms. The molecule has 0 amide bonds. The molecule has 0 radical (unpaired) electrons. The number of aromatic nitrogens is 2. The van der Waals surface area contributed by atoms with Gasteiger partial charge in [0.05, 0.1) is 11.0 Å². The minimum Gasteiger partial charge on any atom is -0.380 e. The Morgan fingerprint density at radius 1 is 0.952 bits per heavy atom. The van der Waals surface area contributed by atoms with Gasteiger partial charge in [-0.25, -0.2) is 4.98 Å². The van der Waals surface area contributed by atoms with Crippen molar-refractivity contribution in [3.05, 3.63) is 65.5 Å². The molecule has 21 heavy (non-hydrogen) atoms. The van der Waals surface area contributed by atoms with Gasteiger partial charge in [-0.2, -0.15) is 0 Å². The van der Waals surface area contributed by atoms with E-state index >= 15 is 0 Å². The summed E-state index contributed by atoms with van der Waals surface area (Å²) in [5.74, 6) is 1.17. The van der Waals surface area contributed by atoms with Crippen molar-refractivity contribution in [1.82, 2.24) is 9.55 Å². The molecule has 0 saturated carbocycles. The van der Waals surface area contributed by atoms with E-state index < -0.39 is 6.10 Å². The Balaban J connectivity index is 1.99. The van der Waals surface area contributed by atoms with Crippen LogP contribution in [0.15, 0.2) is 48.5 Å². The zero-order chi connectivity index (χ0) is 15.0. The van der Waals surface area contributed by atoms with Gasteiger partial charge in [-0.05, 0) is 29.2 Å². The van der Waals surface area contributed by atoms with Crippen molar-refractivity contribution in [2.45, 2.75) is 25.9 Å². The molecule has 0 aliphatic carbocycles. The Kier molecular flexibility index (Phi) is 3.52. The van der Waals surface area contributed by atoms with Gasteiger partial charge in [0.1, 0.15) is 11.9 Å². The molecule has 3 aromatic rings. The van der Waals surface area contributed by atoms with Gasteiger partial charge < -0.3 is 9.67 Å². The van der Waals surface area contributed by atoms with Crippen molar-refractivity contribution in [3.63, 3.8) is 0 Å². The van der Waals surface area contributed by atoms with Crippen LogP contribution in [0.2, 0.25) is 0 Å². The molecule has 2 aromatic carbocycles. The number of fused-ring (bicyclic) bond motifs is 1. The number of aliphatic hydroxyl groups is 1. The maximum absolute atomic E-state index is 10.6. The number of aryl methyl sites for hydroxylation is 1. The molecular weight excluding hydrogens is 260 g/mol. The normalized spacial score (nSPS) is 13.0. The third-order valence-electron chi connectivity index (χ3n) is 3.99. The fourth-order valence-electron chi connectivity index (χ4n) is 2.62. The van der Waals surface area contributed by atoms with Crippen molar-refractivity contribution in [3.8, 4) is 0 Å². The smallest absolute Gasteiger partial charge is 0.143 e. The number of nitrogens with zero attached hydrogens (tertiary/aromatic N) is 2. The molecule has 0 aliphatic heterocycles. The van der Waals surface area contributed by atoms with E-state index in [9.17, 15) is 5.11 Å². The first-order chi connectivity index (χ1) is 10.1. The topological polar surface area (TPSA) is 38.1 Å². The van der Waals surface area contributed by atoms with Gasteiger partial charge in [0.15, 0.2) is 0 Å². The van der Waals surface area contributed by atoms with Crippen LogP contribution in [-0.2, 0) is 7.05 Å². The highest BCUT2D eigenvalue weighted by atomic mass is 16.3. The molecule has 0 saturated heterocycles. The first-order valence-electron chi connectivity index (χ1n) is 7.27. The number of benzene rings is 2. The minimum atomic E-state index is -0.705. The summed E-state index contributed by atoms with van der Waals surface area (Å²) in [6.45, 7) is 4.33. The lowest BCUT2D eigenvalue weighted by Crippen LogP contribution is -2.07. The molecule has 0 fully saturated rings. The molecule has 108 valence electrons. The second-order valence-corrected chi connectivity index (χ2v) is 5.74. The van der Waals surface area contributed by atoms with Crippen LogP contribution in [-0.4, -0.2) is 14.7 Å². The molecule has 0 bridgehead atoms. The van der Waals surface area contributed by atoms with Crippen molar-refractivity contribution in [2.75, 3.05) is 0 Å². The highest BCUT2D eigenvalue weighted by Gasteiger charge is 2.17. The summed E-state index contributed by atoms with van der Waals surface area (Å²) in [6.07, 6.45) is -0.705. The van der Waals surface area contributed by atoms with Crippen LogP contribution in [0.4, 0.5) is 0 Å². The molecule has 0 spiro atoms. The first kappa shape index (κ1) is 13.8. The zero-order valence-corrected chi connectivity index (χ0v) is 12.6. The van der Waals surface area contributed by atoms with Crippen molar-refractivity contribution >= 4 is 11.0 Å². The summed E-state index contributed by atoms with van der Waals surface area (Å²) in [6, 6.07) is 16.0. The molecule has 0 aliphatic rings. The number of imidazole rings is 1. The van der Waals surface area contributed by atoms with Gasteiger partial charge in [0.2, 0.25) is 0 Å². The van der Waals surface area contributed by atoms with Crippen molar-refractivity contribution in [1.29, 1.82) is 0 Å². The molecule has 1 heterocycles. The van der Waals surface area contributed by atoms with Crippen LogP contribution in [0.3, 0.4) is 0 Å². The zero-order valence-electron chi connectivity index (χ0n) is 12.6. The monoisotopic (exact) mass is 280 g/mol. The Morgan fingerprint density at radius 3 is 2.19 bits per heavy atom. The van der Waals surface area contributed by atoms with Gasteiger partial charge in [0, 0.05) is 7.05 Å². The fraction of sp³-hybridized carbons (Fsp3) is 0.278. The quantitative estimate of drug-likeness (QED) is 0.793. The molecule has 1 atom stereocenters. The standard InChI is InChI=1S/C18H20N2O/c1-12(2)13-8-10-14(11-9-13)17(21)18-19-15-6-4-5-7-16(15)20(18)3/h4-12,17,21H,1-3H3/t17-/m0/s1. The maximum Gasteiger partial charge on any atom is 0.143 e. The van der Waals surface area contributed by atoms with Crippen LogP contribution in [0, 0.1) is 0 Å². The Labute approximate surface area is 124 Å². The van der Waals surface area contributed by atoms with Crippen LogP contribution < -0.4 is 0 Å². The molecule has 1 N–H and O–H groups in total. The van der Waals surface area contributed by atoms with Crippen molar-refractivity contribution < 1.29 is 5.11 Å². The van der Waals surface area contributed by atoms with E-state index in [1.54, 1.807) is 0 Å². The van der Waals surface area contributed by atoms with E-state index in [1.807, 2.05) is 48.0 Å². The minimum absolute atomic E-state index is 0.493. The van der Waals surface area contributed by atoms with Crippen LogP contribution in [0.5, 0.6) is 0 Å². The third kappa shape index (κ3) is 2.45. The SMILES string of the molecule is CC(C)c1ccc([C@H](O)c2nc3ccccc3n2C)cc1. The van der Waals surface area contributed by atoms with Crippen molar-refractivity contribution in [2.24, 2.45) is 7.05 Å². The summed E-state index contributed by atoms with van der Waals surface area (Å²) in [4.78, 5) is 4.56. The predicted octanol–water partition coefficient (Wildman–Crippen LogP) is 3.78. The van der Waals surface area contributed by atoms with Gasteiger partial charge >= 0.3 is 0 Å². The Bertz CT molecular complexity index is 756. The predicted molar refractivity (Wildman–Crippen MR) is 85.3 cm³/mol. The fourth-order valence-corrected chi connectivity index (χ4v) is 2.62. The molecular formula is C18H20N2O. The highest BCUT2D eigenvalue weighted by molar-refractivity contribution is 5.76. The first-order valence-corrected chi connectivity index (χ1v) is 7.27. The van der Waals surface area contributed by atoms with E-state index in [1.165, 1.54) is 5.56 Å². The lowest BCUT2D eigenvalue weighted by molar-refractivity contribution is 0.207. The second-order valence-electron chi connectivity index (χ2n) is 5.74. The summed E-state index contributed by atoms with van der Waals surface area (Å²) < 4.78 is 1.95. The van der Waals surface area contributed by atoms with E-state index in [2.05, 4.69) is 31.0 Å². The lowest BCUT2D eigenvalue weighted by Gasteiger charge is -2.13. The Morgan fingerprint density at radius 2 is 1.57 bits per heavy atom. The summed E-state index contributed by atoms with van der Waals surface area (Å²) in [5, 5.41) is 10.6. The third-order valence-corrected chi connectivity index (χ3v) is 3.99. The van der Waals surface area contributed by atoms with Gasteiger partial charge in [-0.15, -0.1) is 0 Å². The number of hydrogen-bond acceptors (Lipinski definition) is 2. The number of rotatable bonds is 3.